The number of likely N-dealkylation sites (tertiary alicyclic amines) is 1. The number of nitrogens with zero attached hydrogens (tertiary/aromatic N) is 2. The Morgan fingerprint density at radius 2 is 1.90 bits per heavy atom. The number of hydrogen-bond acceptors (Lipinski definition) is 2. The maximum atomic E-state index is 12.5. The van der Waals surface area contributed by atoms with Crippen molar-refractivity contribution < 1.29 is 4.79 Å². The molecule has 1 aromatic heterocycles. The number of ketones is 1. The Morgan fingerprint density at radius 1 is 1.25 bits per heavy atom. The highest BCUT2D eigenvalue weighted by Crippen LogP contribution is 2.21. The molecule has 1 saturated heterocycles. The fraction of sp³-hybridized carbons (Fsp3) is 0.706. The van der Waals surface area contributed by atoms with Crippen LogP contribution in [0.1, 0.15) is 54.9 Å². The van der Waals surface area contributed by atoms with E-state index in [1.165, 1.54) is 25.0 Å². The maximum absolute atomic E-state index is 12.5. The molecule has 2 rings (SSSR count). The summed E-state index contributed by atoms with van der Waals surface area (Å²) < 4.78 is 2.22. The normalized spacial score (nSPS) is 17.6. The number of aryl methyl sites for hydroxylation is 1. The maximum Gasteiger partial charge on any atom is 0.178 e. The van der Waals surface area contributed by atoms with Gasteiger partial charge in [0.1, 0.15) is 0 Å². The van der Waals surface area contributed by atoms with E-state index in [1.807, 2.05) is 0 Å². The third kappa shape index (κ3) is 3.14. The van der Waals surface area contributed by atoms with E-state index in [0.29, 0.717) is 6.54 Å². The van der Waals surface area contributed by atoms with Gasteiger partial charge in [-0.1, -0.05) is 13.3 Å². The van der Waals surface area contributed by atoms with E-state index < -0.39 is 0 Å². The molecular weight excluding hydrogens is 248 g/mol. The first-order chi connectivity index (χ1) is 9.56. The summed E-state index contributed by atoms with van der Waals surface area (Å²) in [4.78, 5) is 14.8. The Labute approximate surface area is 123 Å². The van der Waals surface area contributed by atoms with E-state index in [2.05, 4.69) is 43.2 Å². The Balaban J connectivity index is 1.99. The molecule has 1 fully saturated rings. The number of piperidine rings is 1. The number of rotatable bonds is 5. The predicted octanol–water partition coefficient (Wildman–Crippen LogP) is 3.43. The third-order valence-corrected chi connectivity index (χ3v) is 4.84. The summed E-state index contributed by atoms with van der Waals surface area (Å²) in [5.74, 6) is 1.15. The topological polar surface area (TPSA) is 25.2 Å². The monoisotopic (exact) mass is 276 g/mol. The minimum atomic E-state index is 0.285. The molecule has 0 bridgehead atoms. The second-order valence-corrected chi connectivity index (χ2v) is 6.08. The van der Waals surface area contributed by atoms with Crippen LogP contribution in [0.5, 0.6) is 0 Å². The van der Waals surface area contributed by atoms with Gasteiger partial charge in [-0.2, -0.15) is 0 Å². The van der Waals surface area contributed by atoms with Crippen molar-refractivity contribution in [3.8, 4) is 0 Å². The molecule has 1 aliphatic rings. The lowest BCUT2D eigenvalue weighted by Gasteiger charge is -2.30. The second-order valence-electron chi connectivity index (χ2n) is 6.08. The molecular formula is C17H28N2O. The fourth-order valence-electron chi connectivity index (χ4n) is 3.41. The average molecular weight is 276 g/mol. The van der Waals surface area contributed by atoms with Gasteiger partial charge in [0.15, 0.2) is 5.78 Å². The first-order valence-corrected chi connectivity index (χ1v) is 7.99. The van der Waals surface area contributed by atoms with Gasteiger partial charge in [-0.15, -0.1) is 0 Å². The number of hydrogen-bond donors (Lipinski definition) is 0. The van der Waals surface area contributed by atoms with Crippen LogP contribution in [0.4, 0.5) is 0 Å². The molecule has 3 heteroatoms. The van der Waals surface area contributed by atoms with Gasteiger partial charge < -0.3 is 4.57 Å². The van der Waals surface area contributed by atoms with Crippen molar-refractivity contribution in [1.82, 2.24) is 9.47 Å². The van der Waals surface area contributed by atoms with Gasteiger partial charge in [0.25, 0.3) is 0 Å². The molecule has 0 aliphatic carbocycles. The van der Waals surface area contributed by atoms with Crippen LogP contribution in [-0.4, -0.2) is 34.9 Å². The smallest absolute Gasteiger partial charge is 0.178 e. The number of Topliss-reactive ketones (excluding diaryl/α,β-unsaturated/α-hetero) is 1. The molecule has 0 unspecified atom stereocenters. The molecule has 0 N–H and O–H groups in total. The number of aromatic nitrogens is 1. The van der Waals surface area contributed by atoms with E-state index >= 15 is 0 Å². The zero-order valence-electron chi connectivity index (χ0n) is 13.4. The molecule has 3 nitrogen and oxygen atoms in total. The van der Waals surface area contributed by atoms with Crippen molar-refractivity contribution in [3.05, 3.63) is 23.0 Å². The highest BCUT2D eigenvalue weighted by Gasteiger charge is 2.22. The molecule has 0 spiro atoms. The van der Waals surface area contributed by atoms with Gasteiger partial charge in [-0.25, -0.2) is 0 Å². The van der Waals surface area contributed by atoms with Crippen molar-refractivity contribution >= 4 is 5.78 Å². The minimum Gasteiger partial charge on any atom is -0.349 e. The fourth-order valence-corrected chi connectivity index (χ4v) is 3.41. The zero-order chi connectivity index (χ0) is 14.7. The Kier molecular flexibility index (Phi) is 5.03. The standard InChI is InChI=1S/C17H28N2O/c1-5-15-7-9-18(10-8-15)12-17(20)16-11-13(3)19(6-2)14(16)4/h11,15H,5-10,12H2,1-4H3. The predicted molar refractivity (Wildman–Crippen MR) is 83.4 cm³/mol. The average Bonchev–Trinajstić information content (AvgIpc) is 2.74. The van der Waals surface area contributed by atoms with Crippen molar-refractivity contribution in [2.45, 2.75) is 53.5 Å². The van der Waals surface area contributed by atoms with Crippen molar-refractivity contribution in [2.24, 2.45) is 5.92 Å². The van der Waals surface area contributed by atoms with Gasteiger partial charge in [-0.3, -0.25) is 9.69 Å². The second kappa shape index (κ2) is 6.57. The van der Waals surface area contributed by atoms with Crippen molar-refractivity contribution in [3.63, 3.8) is 0 Å². The summed E-state index contributed by atoms with van der Waals surface area (Å²) in [5, 5.41) is 0. The molecule has 0 saturated carbocycles. The van der Waals surface area contributed by atoms with Gasteiger partial charge in [0.05, 0.1) is 6.54 Å². The molecule has 1 aliphatic heterocycles. The SMILES string of the molecule is CCC1CCN(CC(=O)c2cc(C)n(CC)c2C)CC1. The molecule has 1 aromatic rings. The summed E-state index contributed by atoms with van der Waals surface area (Å²) in [7, 11) is 0. The van der Waals surface area contributed by atoms with E-state index in [9.17, 15) is 4.79 Å². The van der Waals surface area contributed by atoms with E-state index in [4.69, 9.17) is 0 Å². The molecule has 0 amide bonds. The van der Waals surface area contributed by atoms with Gasteiger partial charge in [0.2, 0.25) is 0 Å². The third-order valence-electron chi connectivity index (χ3n) is 4.84. The zero-order valence-corrected chi connectivity index (χ0v) is 13.4. The van der Waals surface area contributed by atoms with Crippen LogP contribution in [0.15, 0.2) is 6.07 Å². The van der Waals surface area contributed by atoms with Crippen LogP contribution in [-0.2, 0) is 6.54 Å². The Bertz CT molecular complexity index is 468. The first kappa shape index (κ1) is 15.3. The summed E-state index contributed by atoms with van der Waals surface area (Å²) in [6, 6.07) is 2.06. The number of carbonyl (C=O) groups is 1. The summed E-state index contributed by atoms with van der Waals surface area (Å²) in [6.07, 6.45) is 3.77. The van der Waals surface area contributed by atoms with E-state index in [-0.39, 0.29) is 5.78 Å². The van der Waals surface area contributed by atoms with Crippen LogP contribution in [0.2, 0.25) is 0 Å². The first-order valence-electron chi connectivity index (χ1n) is 7.99. The largest absolute Gasteiger partial charge is 0.349 e. The van der Waals surface area contributed by atoms with E-state index in [0.717, 1.165) is 36.8 Å². The molecule has 0 aromatic carbocycles. The minimum absolute atomic E-state index is 0.285. The highest BCUT2D eigenvalue weighted by atomic mass is 16.1. The van der Waals surface area contributed by atoms with Gasteiger partial charge >= 0.3 is 0 Å². The summed E-state index contributed by atoms with van der Waals surface area (Å²) in [5.41, 5.74) is 3.23. The molecule has 0 radical (unpaired) electrons. The number of carbonyl (C=O) groups excluding carboxylic acids is 1. The van der Waals surface area contributed by atoms with Crippen LogP contribution < -0.4 is 0 Å². The van der Waals surface area contributed by atoms with Gasteiger partial charge in [0, 0.05) is 23.5 Å². The summed E-state index contributed by atoms with van der Waals surface area (Å²) in [6.45, 7) is 12.2. The lowest BCUT2D eigenvalue weighted by atomic mass is 9.94. The van der Waals surface area contributed by atoms with Crippen LogP contribution in [0, 0.1) is 19.8 Å². The van der Waals surface area contributed by atoms with Gasteiger partial charge in [-0.05, 0) is 58.7 Å². The summed E-state index contributed by atoms with van der Waals surface area (Å²) >= 11 is 0. The lowest BCUT2D eigenvalue weighted by Crippen LogP contribution is -2.37. The molecule has 0 atom stereocenters. The molecule has 2 heterocycles. The van der Waals surface area contributed by atoms with Crippen LogP contribution in [0.25, 0.3) is 0 Å². The quantitative estimate of drug-likeness (QED) is 0.770. The molecule has 20 heavy (non-hydrogen) atoms. The Hall–Kier alpha value is -1.09. The van der Waals surface area contributed by atoms with Crippen molar-refractivity contribution in [2.75, 3.05) is 19.6 Å². The lowest BCUT2D eigenvalue weighted by molar-refractivity contribution is 0.0894. The van der Waals surface area contributed by atoms with Crippen molar-refractivity contribution in [1.29, 1.82) is 0 Å². The van der Waals surface area contributed by atoms with E-state index in [1.54, 1.807) is 0 Å². The Morgan fingerprint density at radius 3 is 2.40 bits per heavy atom. The highest BCUT2D eigenvalue weighted by molar-refractivity contribution is 5.99. The van der Waals surface area contributed by atoms with Crippen LogP contribution >= 0.6 is 0 Å². The molecule has 112 valence electrons. The van der Waals surface area contributed by atoms with Crippen LogP contribution in [0.3, 0.4) is 0 Å².